The molecule has 0 saturated heterocycles. The minimum Gasteiger partial charge on any atom is -0.0776 e. The van der Waals surface area contributed by atoms with Crippen LogP contribution in [0.1, 0.15) is 42.5 Å². The van der Waals surface area contributed by atoms with Gasteiger partial charge in [0, 0.05) is 33.7 Å². The molecule has 0 saturated carbocycles. The normalized spacial score (nSPS) is 10.0. The molecule has 0 aliphatic rings. The molecule has 0 rings (SSSR count). The Morgan fingerprint density at radius 1 is 0.583 bits per heavy atom. The molecule has 0 spiro atoms. The summed E-state index contributed by atoms with van der Waals surface area (Å²) in [5.74, 6) is 0. The van der Waals surface area contributed by atoms with E-state index in [0.29, 0.717) is 0 Å². The topological polar surface area (TPSA) is 0 Å². The highest BCUT2D eigenvalue weighted by molar-refractivity contribution is 6.77. The predicted octanol–water partition coefficient (Wildman–Crippen LogP) is 8.95. The molecule has 0 nitrogen and oxygen atoms in total. The van der Waals surface area contributed by atoms with E-state index in [2.05, 4.69) is 93.2 Å². The fourth-order valence-electron chi connectivity index (χ4n) is 0.250. The van der Waals surface area contributed by atoms with Crippen molar-refractivity contribution in [3.8, 4) is 0 Å². The van der Waals surface area contributed by atoms with Crippen LogP contribution in [0.4, 0.5) is 0 Å². The van der Waals surface area contributed by atoms with Gasteiger partial charge in [-0.3, -0.25) is 0 Å². The highest BCUT2D eigenvalue weighted by Gasteiger charge is 2.12. The highest BCUT2D eigenvalue weighted by atomic mass is 28.3. The molecular formula is C20H60Si4. The van der Waals surface area contributed by atoms with Crippen LogP contribution in [-0.2, 0) is 0 Å². The van der Waals surface area contributed by atoms with Gasteiger partial charge in [0.05, 0.1) is 0 Å². The third-order valence-corrected chi connectivity index (χ3v) is 11.4. The summed E-state index contributed by atoms with van der Waals surface area (Å²) in [5, 5.41) is 0. The van der Waals surface area contributed by atoms with E-state index in [-0.39, 0.29) is 32.4 Å². The Labute approximate surface area is 165 Å². The summed E-state index contributed by atoms with van der Waals surface area (Å²) in [5.41, 5.74) is 0. The number of rotatable bonds is 4. The Morgan fingerprint density at radius 3 is 0.750 bits per heavy atom. The Balaban J connectivity index is -0.0000000446. The summed E-state index contributed by atoms with van der Waals surface area (Å²) >= 11 is 0. The van der Waals surface area contributed by atoms with Crippen LogP contribution in [-0.4, -0.2) is 33.7 Å². The first-order chi connectivity index (χ1) is 9.68. The smallest absolute Gasteiger partial charge is 0.0468 e. The van der Waals surface area contributed by atoms with Gasteiger partial charge in [0.25, 0.3) is 0 Å². The average molecular weight is 413 g/mol. The molecule has 24 heavy (non-hydrogen) atoms. The van der Waals surface area contributed by atoms with Crippen LogP contribution in [0.3, 0.4) is 0 Å². The third kappa shape index (κ3) is 77.6. The van der Waals surface area contributed by atoms with Crippen molar-refractivity contribution in [2.45, 2.75) is 132 Å². The molecule has 0 aliphatic carbocycles. The van der Waals surface area contributed by atoms with Gasteiger partial charge in [-0.05, 0) is 0 Å². The van der Waals surface area contributed by atoms with Crippen molar-refractivity contribution >= 4 is 33.7 Å². The first-order valence-electron chi connectivity index (χ1n) is 9.68. The first-order valence-corrected chi connectivity index (χ1v) is 23.4. The van der Waals surface area contributed by atoms with Gasteiger partial charge in [0.2, 0.25) is 0 Å². The maximum atomic E-state index is 2.44. The first kappa shape index (κ1) is 39.8. The Kier molecular flexibility index (Phi) is 39.6. The lowest BCUT2D eigenvalue weighted by Gasteiger charge is -2.15. The maximum Gasteiger partial charge on any atom is 0.0468 e. The van der Waals surface area contributed by atoms with E-state index in [1.807, 2.05) is 0 Å². The van der Waals surface area contributed by atoms with Crippen molar-refractivity contribution in [1.29, 1.82) is 0 Å². The molecule has 0 aliphatic heterocycles. The van der Waals surface area contributed by atoms with Crippen LogP contribution < -0.4 is 0 Å². The number of hydrogen-bond donors (Lipinski definition) is 0. The molecule has 0 aromatic heterocycles. The molecule has 0 fully saturated rings. The van der Waals surface area contributed by atoms with Crippen LogP contribution in [0.15, 0.2) is 0 Å². The molecule has 0 radical (unpaired) electrons. The number of hydrogen-bond acceptors (Lipinski definition) is 0. The van der Waals surface area contributed by atoms with E-state index in [1.165, 1.54) is 24.2 Å². The van der Waals surface area contributed by atoms with E-state index >= 15 is 0 Å². The highest BCUT2D eigenvalue weighted by Crippen LogP contribution is 2.12. The lowest BCUT2D eigenvalue weighted by molar-refractivity contribution is 1.25. The maximum absolute atomic E-state index is 2.44. The van der Waals surface area contributed by atoms with E-state index in [4.69, 9.17) is 0 Å². The molecule has 0 atom stereocenters. The molecule has 0 heterocycles. The van der Waals surface area contributed by atoms with Gasteiger partial charge >= 0.3 is 0 Å². The van der Waals surface area contributed by atoms with Crippen LogP contribution in [0.5, 0.6) is 0 Å². The zero-order valence-corrected chi connectivity index (χ0v) is 23.3. The monoisotopic (exact) mass is 412 g/mol. The van der Waals surface area contributed by atoms with Gasteiger partial charge in [0.15, 0.2) is 0 Å². The van der Waals surface area contributed by atoms with Gasteiger partial charge in [-0.15, -0.1) is 0 Å². The van der Waals surface area contributed by atoms with Crippen molar-refractivity contribution in [2.24, 2.45) is 0 Å². The van der Waals surface area contributed by atoms with Crippen LogP contribution >= 0.6 is 0 Å². The second kappa shape index (κ2) is 23.9. The Morgan fingerprint density at radius 2 is 0.750 bits per heavy atom. The van der Waals surface area contributed by atoms with Crippen molar-refractivity contribution < 1.29 is 0 Å². The van der Waals surface area contributed by atoms with E-state index in [1.54, 1.807) is 0 Å². The SMILES string of the molecule is C.C.CC[SiH](C)C.CC[Si](C)(C)C.CC[Si](C)(C)CC.C[SiH](C)C. The summed E-state index contributed by atoms with van der Waals surface area (Å²) in [6.45, 7) is 32.8. The van der Waals surface area contributed by atoms with Crippen molar-refractivity contribution in [3.63, 3.8) is 0 Å². The molecular weight excluding hydrogens is 353 g/mol. The van der Waals surface area contributed by atoms with E-state index in [0.717, 1.165) is 0 Å². The minimum atomic E-state index is -0.651. The lowest BCUT2D eigenvalue weighted by Crippen LogP contribution is -2.21. The molecule has 4 heteroatoms. The second-order valence-electron chi connectivity index (χ2n) is 9.32. The van der Waals surface area contributed by atoms with Gasteiger partial charge in [0.1, 0.15) is 0 Å². The molecule has 0 aromatic rings. The summed E-state index contributed by atoms with van der Waals surface area (Å²) in [7, 11) is -1.57. The summed E-state index contributed by atoms with van der Waals surface area (Å²) in [6.07, 6.45) is 0. The molecule has 0 amide bonds. The van der Waals surface area contributed by atoms with Gasteiger partial charge in [-0.1, -0.05) is 132 Å². The van der Waals surface area contributed by atoms with Crippen molar-refractivity contribution in [1.82, 2.24) is 0 Å². The minimum absolute atomic E-state index is 0. The van der Waals surface area contributed by atoms with Gasteiger partial charge in [-0.2, -0.15) is 0 Å². The molecule has 156 valence electrons. The predicted molar refractivity (Wildman–Crippen MR) is 140 cm³/mol. The Bertz CT molecular complexity index is 186. The van der Waals surface area contributed by atoms with E-state index < -0.39 is 16.1 Å². The molecule has 0 N–H and O–H groups in total. The van der Waals surface area contributed by atoms with Gasteiger partial charge in [-0.25, -0.2) is 0 Å². The quantitative estimate of drug-likeness (QED) is 0.404. The Hall–Kier alpha value is 0.868. The summed E-state index contributed by atoms with van der Waals surface area (Å²) in [6, 6.07) is 5.72. The van der Waals surface area contributed by atoms with Crippen molar-refractivity contribution in [3.05, 3.63) is 0 Å². The van der Waals surface area contributed by atoms with Crippen LogP contribution in [0, 0.1) is 0 Å². The fourth-order valence-corrected chi connectivity index (χ4v) is 0.750. The third-order valence-electron chi connectivity index (χ3n) is 3.79. The summed E-state index contributed by atoms with van der Waals surface area (Å²) < 4.78 is 0. The molecule has 0 bridgehead atoms. The van der Waals surface area contributed by atoms with Crippen molar-refractivity contribution in [2.75, 3.05) is 0 Å². The van der Waals surface area contributed by atoms with Crippen LogP contribution in [0.25, 0.3) is 0 Å². The lowest BCUT2D eigenvalue weighted by atomic mass is 10.9. The fraction of sp³-hybridized carbons (Fsp3) is 1.00. The molecule has 0 aromatic carbocycles. The average Bonchev–Trinajstić information content (AvgIpc) is 2.38. The largest absolute Gasteiger partial charge is 0.0776 e. The molecule has 0 unspecified atom stereocenters. The summed E-state index contributed by atoms with van der Waals surface area (Å²) in [4.78, 5) is 0. The van der Waals surface area contributed by atoms with Gasteiger partial charge < -0.3 is 0 Å². The van der Waals surface area contributed by atoms with E-state index in [9.17, 15) is 0 Å². The van der Waals surface area contributed by atoms with Crippen LogP contribution in [0.2, 0.25) is 89.6 Å². The zero-order chi connectivity index (χ0) is 19.0. The standard InChI is InChI=1S/C6H16Si.C5H14Si.C4H12Si.C3H10Si.2CH4/c1-5-7(3,4)6-2;1-5-6(2,3)4;1-4-5(2)3;1-4(2)3;;/h5-6H2,1-4H3;5H2,1-4H3;5H,4H2,1-3H3;4H,1-3H3;2*1H4. The second-order valence-corrected chi connectivity index (χ2v) is 28.0. The zero-order valence-electron chi connectivity index (χ0n) is 19.0.